The lowest BCUT2D eigenvalue weighted by Gasteiger charge is -1.99. The van der Waals surface area contributed by atoms with Crippen LogP contribution in [-0.2, 0) is 4.79 Å². The molecule has 0 saturated carbocycles. The van der Waals surface area contributed by atoms with Gasteiger partial charge in [0, 0.05) is 10.0 Å². The Bertz CT molecular complexity index is 788. The van der Waals surface area contributed by atoms with E-state index in [0.29, 0.717) is 20.1 Å². The number of hydrogen-bond acceptors (Lipinski definition) is 3. The fourth-order valence-corrected chi connectivity index (χ4v) is 3.16. The zero-order valence-corrected chi connectivity index (χ0v) is 13.5. The molecule has 3 rings (SSSR count). The minimum absolute atomic E-state index is 0.189. The van der Waals surface area contributed by atoms with Gasteiger partial charge in [-0.05, 0) is 47.7 Å². The maximum atomic E-state index is 12.0. The van der Waals surface area contributed by atoms with Crippen LogP contribution in [0.5, 0.6) is 0 Å². The Morgan fingerprint density at radius 2 is 1.86 bits per heavy atom. The summed E-state index contributed by atoms with van der Waals surface area (Å²) < 4.78 is 0. The van der Waals surface area contributed by atoms with Gasteiger partial charge in [-0.3, -0.25) is 4.79 Å². The number of thioether (sulfide) groups is 1. The van der Waals surface area contributed by atoms with Gasteiger partial charge in [-0.1, -0.05) is 47.5 Å². The molecule has 6 heteroatoms. The van der Waals surface area contributed by atoms with Crippen molar-refractivity contribution in [1.29, 1.82) is 0 Å². The fraction of sp³-hybridized carbons (Fsp3) is 0. The number of nitrogens with zero attached hydrogens (tertiary/aromatic N) is 1. The summed E-state index contributed by atoms with van der Waals surface area (Å²) in [6.07, 6.45) is 1.73. The minimum Gasteiger partial charge on any atom is -0.300 e. The smallest absolute Gasteiger partial charge is 0.264 e. The summed E-state index contributed by atoms with van der Waals surface area (Å²) >= 11 is 13.3. The summed E-state index contributed by atoms with van der Waals surface area (Å²) in [4.78, 5) is 16.9. The van der Waals surface area contributed by atoms with Crippen LogP contribution in [0.3, 0.4) is 0 Å². The molecule has 0 bridgehead atoms. The first kappa shape index (κ1) is 15.2. The molecule has 1 heterocycles. The van der Waals surface area contributed by atoms with Gasteiger partial charge in [-0.15, -0.1) is 0 Å². The predicted molar refractivity (Wildman–Crippen MR) is 93.7 cm³/mol. The molecule has 0 aromatic heterocycles. The van der Waals surface area contributed by atoms with Gasteiger partial charge >= 0.3 is 0 Å². The number of nitrogens with one attached hydrogen (secondary N) is 1. The van der Waals surface area contributed by atoms with Gasteiger partial charge in [0.15, 0.2) is 5.17 Å². The SMILES string of the molecule is O=C1NC(=Nc2ccccc2)S/C1=C\c1ccc(Cl)cc1Cl. The third-order valence-electron chi connectivity index (χ3n) is 2.89. The van der Waals surface area contributed by atoms with E-state index in [1.165, 1.54) is 11.8 Å². The van der Waals surface area contributed by atoms with Crippen molar-refractivity contribution in [2.75, 3.05) is 0 Å². The molecule has 2 aromatic rings. The second kappa shape index (κ2) is 6.57. The third kappa shape index (κ3) is 3.53. The number of para-hydroxylation sites is 1. The molecule has 3 nitrogen and oxygen atoms in total. The molecule has 1 fully saturated rings. The molecular formula is C16H10Cl2N2OS. The summed E-state index contributed by atoms with van der Waals surface area (Å²) in [5.41, 5.74) is 1.53. The Balaban J connectivity index is 1.86. The fourth-order valence-electron chi connectivity index (χ4n) is 1.86. The Morgan fingerprint density at radius 3 is 2.59 bits per heavy atom. The highest BCUT2D eigenvalue weighted by Crippen LogP contribution is 2.30. The van der Waals surface area contributed by atoms with Crippen LogP contribution in [0, 0.1) is 0 Å². The van der Waals surface area contributed by atoms with Gasteiger partial charge < -0.3 is 5.32 Å². The molecule has 1 N–H and O–H groups in total. The number of halogens is 2. The van der Waals surface area contributed by atoms with Crippen LogP contribution in [-0.4, -0.2) is 11.1 Å². The second-order valence-corrected chi connectivity index (χ2v) is 6.36. The Kier molecular flexibility index (Phi) is 4.52. The molecule has 2 aromatic carbocycles. The highest BCUT2D eigenvalue weighted by atomic mass is 35.5. The number of amides is 1. The van der Waals surface area contributed by atoms with Crippen LogP contribution in [0.2, 0.25) is 10.0 Å². The molecule has 0 unspecified atom stereocenters. The van der Waals surface area contributed by atoms with E-state index in [1.807, 2.05) is 30.3 Å². The van der Waals surface area contributed by atoms with Gasteiger partial charge in [0.1, 0.15) is 0 Å². The maximum absolute atomic E-state index is 12.0. The first-order chi connectivity index (χ1) is 10.6. The largest absolute Gasteiger partial charge is 0.300 e. The Hall–Kier alpha value is -1.75. The molecule has 1 saturated heterocycles. The average Bonchev–Trinajstić information content (AvgIpc) is 2.83. The van der Waals surface area contributed by atoms with Crippen LogP contribution in [0.1, 0.15) is 5.56 Å². The third-order valence-corrected chi connectivity index (χ3v) is 4.36. The van der Waals surface area contributed by atoms with Crippen LogP contribution >= 0.6 is 35.0 Å². The van der Waals surface area contributed by atoms with Gasteiger partial charge in [0.25, 0.3) is 5.91 Å². The van der Waals surface area contributed by atoms with E-state index in [4.69, 9.17) is 23.2 Å². The van der Waals surface area contributed by atoms with E-state index >= 15 is 0 Å². The summed E-state index contributed by atoms with van der Waals surface area (Å²) in [5, 5.41) is 4.35. The summed E-state index contributed by atoms with van der Waals surface area (Å²) in [6, 6.07) is 14.6. The van der Waals surface area contributed by atoms with Crippen LogP contribution in [0.25, 0.3) is 6.08 Å². The molecule has 0 radical (unpaired) electrons. The number of carbonyl (C=O) groups excluding carboxylic acids is 1. The molecular weight excluding hydrogens is 339 g/mol. The molecule has 110 valence electrons. The summed E-state index contributed by atoms with van der Waals surface area (Å²) in [5.74, 6) is -0.189. The van der Waals surface area contributed by atoms with Crippen molar-refractivity contribution in [2.24, 2.45) is 4.99 Å². The standard InChI is InChI=1S/C16H10Cl2N2OS/c17-11-7-6-10(13(18)9-11)8-14-15(21)20-16(22-14)19-12-4-2-1-3-5-12/h1-9H,(H,19,20,21)/b14-8-. The van der Waals surface area contributed by atoms with Crippen LogP contribution in [0.4, 0.5) is 5.69 Å². The molecule has 0 spiro atoms. The number of amidine groups is 1. The number of rotatable bonds is 2. The van der Waals surface area contributed by atoms with Crippen molar-refractivity contribution in [3.05, 3.63) is 69.0 Å². The highest BCUT2D eigenvalue weighted by molar-refractivity contribution is 8.18. The van der Waals surface area contributed by atoms with E-state index in [-0.39, 0.29) is 5.91 Å². The lowest BCUT2D eigenvalue weighted by Crippen LogP contribution is -2.19. The highest BCUT2D eigenvalue weighted by Gasteiger charge is 2.24. The van der Waals surface area contributed by atoms with Crippen LogP contribution < -0.4 is 5.32 Å². The lowest BCUT2D eigenvalue weighted by molar-refractivity contribution is -0.115. The van der Waals surface area contributed by atoms with Crippen molar-refractivity contribution in [1.82, 2.24) is 5.32 Å². The van der Waals surface area contributed by atoms with Gasteiger partial charge in [-0.2, -0.15) is 0 Å². The zero-order valence-electron chi connectivity index (χ0n) is 11.2. The molecule has 0 atom stereocenters. The second-order valence-electron chi connectivity index (χ2n) is 4.48. The number of benzene rings is 2. The molecule has 1 amide bonds. The monoisotopic (exact) mass is 348 g/mol. The van der Waals surface area contributed by atoms with Crippen molar-refractivity contribution in [3.8, 4) is 0 Å². The van der Waals surface area contributed by atoms with Crippen molar-refractivity contribution < 1.29 is 4.79 Å². The van der Waals surface area contributed by atoms with Crippen molar-refractivity contribution in [3.63, 3.8) is 0 Å². The first-order valence-electron chi connectivity index (χ1n) is 6.41. The normalized spacial score (nSPS) is 18.0. The van der Waals surface area contributed by atoms with Gasteiger partial charge in [0.05, 0.1) is 10.6 Å². The van der Waals surface area contributed by atoms with Crippen LogP contribution in [0.15, 0.2) is 58.4 Å². The van der Waals surface area contributed by atoms with Crippen molar-refractivity contribution >= 4 is 57.8 Å². The number of aliphatic imine (C=N–C) groups is 1. The first-order valence-corrected chi connectivity index (χ1v) is 7.99. The summed E-state index contributed by atoms with van der Waals surface area (Å²) in [7, 11) is 0. The Morgan fingerprint density at radius 1 is 1.09 bits per heavy atom. The molecule has 1 aliphatic rings. The Labute approximate surface area is 142 Å². The summed E-state index contributed by atoms with van der Waals surface area (Å²) in [6.45, 7) is 0. The van der Waals surface area contributed by atoms with Crippen molar-refractivity contribution in [2.45, 2.75) is 0 Å². The average molecular weight is 349 g/mol. The number of carbonyl (C=O) groups is 1. The van der Waals surface area contributed by atoms with Gasteiger partial charge in [0.2, 0.25) is 0 Å². The molecule has 22 heavy (non-hydrogen) atoms. The van der Waals surface area contributed by atoms with E-state index in [0.717, 1.165) is 11.3 Å². The van der Waals surface area contributed by atoms with E-state index < -0.39 is 0 Å². The molecule has 0 aliphatic carbocycles. The lowest BCUT2D eigenvalue weighted by atomic mass is 10.2. The van der Waals surface area contributed by atoms with E-state index in [1.54, 1.807) is 24.3 Å². The van der Waals surface area contributed by atoms with Gasteiger partial charge in [-0.25, -0.2) is 4.99 Å². The zero-order chi connectivity index (χ0) is 15.5. The predicted octanol–water partition coefficient (Wildman–Crippen LogP) is 4.89. The molecule has 1 aliphatic heterocycles. The quantitative estimate of drug-likeness (QED) is 0.785. The number of hydrogen-bond donors (Lipinski definition) is 1. The minimum atomic E-state index is -0.189. The van der Waals surface area contributed by atoms with E-state index in [9.17, 15) is 4.79 Å². The topological polar surface area (TPSA) is 41.5 Å². The maximum Gasteiger partial charge on any atom is 0.264 e. The van der Waals surface area contributed by atoms with E-state index in [2.05, 4.69) is 10.3 Å².